The van der Waals surface area contributed by atoms with Crippen LogP contribution < -0.4 is 16.0 Å². The highest BCUT2D eigenvalue weighted by molar-refractivity contribution is 7.12. The van der Waals surface area contributed by atoms with Gasteiger partial charge in [0, 0.05) is 39.4 Å². The minimum absolute atomic E-state index is 0.00444. The number of aliphatic imine (C=N–C) groups is 1. The van der Waals surface area contributed by atoms with Crippen molar-refractivity contribution in [3.05, 3.63) is 22.4 Å². The molecule has 140 valence electrons. The summed E-state index contributed by atoms with van der Waals surface area (Å²) in [5.74, 6) is 1.65. The van der Waals surface area contributed by atoms with Crippen molar-refractivity contribution >= 4 is 23.2 Å². The molecule has 0 atom stereocenters. The number of amides is 1. The lowest BCUT2D eigenvalue weighted by Crippen LogP contribution is -2.38. The molecule has 1 fully saturated rings. The summed E-state index contributed by atoms with van der Waals surface area (Å²) in [7, 11) is 0. The Morgan fingerprint density at radius 1 is 1.28 bits per heavy atom. The van der Waals surface area contributed by atoms with Crippen molar-refractivity contribution in [1.82, 2.24) is 16.0 Å². The van der Waals surface area contributed by atoms with Gasteiger partial charge in [0.25, 0.3) is 5.91 Å². The highest BCUT2D eigenvalue weighted by atomic mass is 32.1. The Kier molecular flexibility index (Phi) is 9.36. The Hall–Kier alpha value is -1.60. The number of nitrogens with one attached hydrogen (secondary N) is 3. The first-order chi connectivity index (χ1) is 12.3. The molecule has 7 heteroatoms. The minimum Gasteiger partial charge on any atom is -0.381 e. The van der Waals surface area contributed by atoms with Gasteiger partial charge in [-0.05, 0) is 50.0 Å². The summed E-state index contributed by atoms with van der Waals surface area (Å²) in [6, 6.07) is 3.72. The fourth-order valence-corrected chi connectivity index (χ4v) is 2.86. The maximum atomic E-state index is 11.8. The molecule has 3 N–H and O–H groups in total. The molecule has 1 aliphatic rings. The van der Waals surface area contributed by atoms with Crippen molar-refractivity contribution in [3.63, 3.8) is 0 Å². The zero-order valence-corrected chi connectivity index (χ0v) is 15.9. The monoisotopic (exact) mass is 366 g/mol. The fourth-order valence-electron chi connectivity index (χ4n) is 2.22. The molecule has 0 saturated heterocycles. The van der Waals surface area contributed by atoms with E-state index >= 15 is 0 Å². The average Bonchev–Trinajstić information content (AvgIpc) is 3.27. The van der Waals surface area contributed by atoms with Gasteiger partial charge in [-0.25, -0.2) is 0 Å². The summed E-state index contributed by atoms with van der Waals surface area (Å²) >= 11 is 1.46. The van der Waals surface area contributed by atoms with Gasteiger partial charge in [0.05, 0.1) is 4.88 Å². The Labute approximate surface area is 154 Å². The predicted molar refractivity (Wildman–Crippen MR) is 103 cm³/mol. The molecule has 0 aliphatic heterocycles. The SMILES string of the molecule is CCNC(=NCCCNC(=O)c1cccs1)NCCCOCC1CC1. The maximum Gasteiger partial charge on any atom is 0.261 e. The second-order valence-electron chi connectivity index (χ2n) is 6.15. The van der Waals surface area contributed by atoms with Gasteiger partial charge in [-0.2, -0.15) is 0 Å². The lowest BCUT2D eigenvalue weighted by molar-refractivity contribution is 0.0957. The third-order valence-electron chi connectivity index (χ3n) is 3.79. The van der Waals surface area contributed by atoms with E-state index < -0.39 is 0 Å². The van der Waals surface area contributed by atoms with Crippen LogP contribution in [0, 0.1) is 5.92 Å². The lowest BCUT2D eigenvalue weighted by atomic mass is 10.4. The van der Waals surface area contributed by atoms with Gasteiger partial charge in [-0.3, -0.25) is 9.79 Å². The third-order valence-corrected chi connectivity index (χ3v) is 4.66. The number of rotatable bonds is 12. The highest BCUT2D eigenvalue weighted by Crippen LogP contribution is 2.28. The second kappa shape index (κ2) is 11.9. The molecule has 0 spiro atoms. The molecule has 0 radical (unpaired) electrons. The number of nitrogens with zero attached hydrogens (tertiary/aromatic N) is 1. The van der Waals surface area contributed by atoms with Gasteiger partial charge in [-0.1, -0.05) is 6.07 Å². The van der Waals surface area contributed by atoms with E-state index in [1.165, 1.54) is 24.2 Å². The van der Waals surface area contributed by atoms with E-state index in [4.69, 9.17) is 4.74 Å². The Bertz CT molecular complexity index is 515. The number of hydrogen-bond donors (Lipinski definition) is 3. The number of guanidine groups is 1. The van der Waals surface area contributed by atoms with E-state index in [1.807, 2.05) is 17.5 Å². The van der Waals surface area contributed by atoms with Crippen LogP contribution in [0.4, 0.5) is 0 Å². The molecule has 6 nitrogen and oxygen atoms in total. The van der Waals surface area contributed by atoms with Crippen molar-refractivity contribution in [3.8, 4) is 0 Å². The van der Waals surface area contributed by atoms with Crippen molar-refractivity contribution in [2.45, 2.75) is 32.6 Å². The number of ether oxygens (including phenoxy) is 1. The molecule has 25 heavy (non-hydrogen) atoms. The molecule has 0 bridgehead atoms. The Morgan fingerprint density at radius 2 is 2.12 bits per heavy atom. The van der Waals surface area contributed by atoms with E-state index in [0.717, 1.165) is 55.9 Å². The summed E-state index contributed by atoms with van der Waals surface area (Å²) in [6.45, 7) is 6.78. The van der Waals surface area contributed by atoms with Crippen molar-refractivity contribution in [2.24, 2.45) is 10.9 Å². The zero-order chi connectivity index (χ0) is 17.7. The molecule has 1 aliphatic carbocycles. The largest absolute Gasteiger partial charge is 0.381 e. The van der Waals surface area contributed by atoms with Crippen LogP contribution in [0.1, 0.15) is 42.3 Å². The number of hydrogen-bond acceptors (Lipinski definition) is 4. The summed E-state index contributed by atoms with van der Waals surface area (Å²) in [4.78, 5) is 17.1. The van der Waals surface area contributed by atoms with Crippen LogP contribution in [-0.4, -0.2) is 51.3 Å². The van der Waals surface area contributed by atoms with Gasteiger partial charge in [-0.15, -0.1) is 11.3 Å². The van der Waals surface area contributed by atoms with E-state index in [0.29, 0.717) is 13.1 Å². The molecular weight excluding hydrogens is 336 g/mol. The van der Waals surface area contributed by atoms with Gasteiger partial charge in [0.2, 0.25) is 0 Å². The average molecular weight is 367 g/mol. The Balaban J connectivity index is 1.52. The van der Waals surface area contributed by atoms with Gasteiger partial charge in [0.15, 0.2) is 5.96 Å². The first kappa shape index (κ1) is 19.7. The summed E-state index contributed by atoms with van der Waals surface area (Å²) in [5, 5.41) is 11.4. The van der Waals surface area contributed by atoms with E-state index in [1.54, 1.807) is 0 Å². The molecule has 2 rings (SSSR count). The lowest BCUT2D eigenvalue weighted by Gasteiger charge is -2.11. The smallest absolute Gasteiger partial charge is 0.261 e. The first-order valence-corrected chi connectivity index (χ1v) is 10.1. The van der Waals surface area contributed by atoms with Crippen molar-refractivity contribution in [1.29, 1.82) is 0 Å². The molecule has 1 amide bonds. The summed E-state index contributed by atoms with van der Waals surface area (Å²) in [6.07, 6.45) is 4.47. The van der Waals surface area contributed by atoms with Crippen molar-refractivity contribution < 1.29 is 9.53 Å². The zero-order valence-electron chi connectivity index (χ0n) is 15.1. The van der Waals surface area contributed by atoms with Gasteiger partial charge in [0.1, 0.15) is 0 Å². The quantitative estimate of drug-likeness (QED) is 0.301. The normalized spacial score (nSPS) is 14.4. The maximum absolute atomic E-state index is 11.8. The molecule has 1 saturated carbocycles. The van der Waals surface area contributed by atoms with Gasteiger partial charge >= 0.3 is 0 Å². The molecule has 0 aromatic carbocycles. The Morgan fingerprint density at radius 3 is 2.84 bits per heavy atom. The summed E-state index contributed by atoms with van der Waals surface area (Å²) < 4.78 is 5.63. The van der Waals surface area contributed by atoms with Crippen molar-refractivity contribution in [2.75, 3.05) is 39.4 Å². The molecule has 0 unspecified atom stereocenters. The number of thiophene rings is 1. The predicted octanol–water partition coefficient (Wildman–Crippen LogP) is 2.24. The van der Waals surface area contributed by atoms with Crippen LogP contribution in [0.5, 0.6) is 0 Å². The molecule has 1 aromatic heterocycles. The van der Waals surface area contributed by atoms with Gasteiger partial charge < -0.3 is 20.7 Å². The van der Waals surface area contributed by atoms with E-state index in [9.17, 15) is 4.79 Å². The third kappa shape index (κ3) is 8.88. The molecule has 1 aromatic rings. The minimum atomic E-state index is -0.00444. The standard InChI is InChI=1S/C18H30N4O2S/c1-2-19-18(22-11-5-12-24-14-15-7-8-15)21-10-4-9-20-17(23)16-6-3-13-25-16/h3,6,13,15H,2,4-5,7-12,14H2,1H3,(H,20,23)(H2,19,21,22). The molecule has 1 heterocycles. The second-order valence-corrected chi connectivity index (χ2v) is 7.09. The van der Waals surface area contributed by atoms with Crippen LogP contribution in [0.15, 0.2) is 22.5 Å². The fraction of sp³-hybridized carbons (Fsp3) is 0.667. The van der Waals surface area contributed by atoms with Crippen LogP contribution in [0.25, 0.3) is 0 Å². The van der Waals surface area contributed by atoms with Crippen LogP contribution >= 0.6 is 11.3 Å². The van der Waals surface area contributed by atoms with E-state index in [2.05, 4.69) is 27.9 Å². The van der Waals surface area contributed by atoms with E-state index in [-0.39, 0.29) is 5.91 Å². The highest BCUT2D eigenvalue weighted by Gasteiger charge is 2.20. The molecular formula is C18H30N4O2S. The summed E-state index contributed by atoms with van der Waals surface area (Å²) in [5.41, 5.74) is 0. The number of carbonyl (C=O) groups is 1. The van der Waals surface area contributed by atoms with Crippen LogP contribution in [0.3, 0.4) is 0 Å². The van der Waals surface area contributed by atoms with Crippen LogP contribution in [0.2, 0.25) is 0 Å². The topological polar surface area (TPSA) is 74.8 Å². The van der Waals surface area contributed by atoms with Crippen LogP contribution in [-0.2, 0) is 4.74 Å². The first-order valence-electron chi connectivity index (χ1n) is 9.21. The number of carbonyl (C=O) groups excluding carboxylic acids is 1.